The highest BCUT2D eigenvalue weighted by Crippen LogP contribution is 2.26. The van der Waals surface area contributed by atoms with Crippen molar-refractivity contribution in [1.82, 2.24) is 14.8 Å². The molecule has 5 nitrogen and oxygen atoms in total. The Hall–Kier alpha value is -1.95. The van der Waals surface area contributed by atoms with Crippen LogP contribution in [0.2, 0.25) is 0 Å². The van der Waals surface area contributed by atoms with Crippen molar-refractivity contribution in [2.75, 3.05) is 11.4 Å². The van der Waals surface area contributed by atoms with Crippen molar-refractivity contribution in [3.05, 3.63) is 41.7 Å². The van der Waals surface area contributed by atoms with Crippen LogP contribution in [0, 0.1) is 5.82 Å². The Morgan fingerprint density at radius 3 is 2.95 bits per heavy atom. The van der Waals surface area contributed by atoms with E-state index in [-0.39, 0.29) is 5.82 Å². The van der Waals surface area contributed by atoms with E-state index >= 15 is 0 Å². The van der Waals surface area contributed by atoms with Crippen molar-refractivity contribution in [2.24, 2.45) is 0 Å². The van der Waals surface area contributed by atoms with Crippen LogP contribution in [0.5, 0.6) is 0 Å². The summed E-state index contributed by atoms with van der Waals surface area (Å²) in [7, 11) is 0. The Morgan fingerprint density at radius 1 is 1.37 bits per heavy atom. The van der Waals surface area contributed by atoms with Crippen LogP contribution < -0.4 is 4.90 Å². The van der Waals surface area contributed by atoms with Crippen LogP contribution in [-0.4, -0.2) is 26.4 Å². The molecule has 2 heterocycles. The molecule has 0 spiro atoms. The quantitative estimate of drug-likeness (QED) is 0.891. The molecule has 0 unspecified atom stereocenters. The van der Waals surface area contributed by atoms with Gasteiger partial charge in [-0.1, -0.05) is 6.07 Å². The minimum absolute atomic E-state index is 0.314. The maximum absolute atomic E-state index is 14.1. The van der Waals surface area contributed by atoms with Gasteiger partial charge < -0.3 is 14.6 Å². The molecule has 19 heavy (non-hydrogen) atoms. The van der Waals surface area contributed by atoms with Gasteiger partial charge in [-0.3, -0.25) is 0 Å². The monoisotopic (exact) mass is 262 g/mol. The second-order valence-corrected chi connectivity index (χ2v) is 4.75. The summed E-state index contributed by atoms with van der Waals surface area (Å²) >= 11 is 0. The summed E-state index contributed by atoms with van der Waals surface area (Å²) in [5.74, 6) is 0.525. The van der Waals surface area contributed by atoms with Gasteiger partial charge >= 0.3 is 0 Å². The molecule has 6 heteroatoms. The Kier molecular flexibility index (Phi) is 2.94. The lowest BCUT2D eigenvalue weighted by atomic mass is 10.1. The average Bonchev–Trinajstić information content (AvgIpc) is 2.85. The zero-order valence-electron chi connectivity index (χ0n) is 10.6. The Morgan fingerprint density at radius 2 is 2.21 bits per heavy atom. The fourth-order valence-corrected chi connectivity index (χ4v) is 2.31. The molecule has 1 aromatic carbocycles. The highest BCUT2D eigenvalue weighted by atomic mass is 19.1. The SMILES string of the molecule is C[C@@H](O)c1ccc(N2CCn3cnnc3C2)c(F)c1. The van der Waals surface area contributed by atoms with E-state index in [1.807, 2.05) is 9.47 Å². The van der Waals surface area contributed by atoms with Gasteiger partial charge in [0.25, 0.3) is 0 Å². The molecule has 100 valence electrons. The van der Waals surface area contributed by atoms with Gasteiger partial charge in [-0.2, -0.15) is 0 Å². The van der Waals surface area contributed by atoms with Crippen LogP contribution in [-0.2, 0) is 13.1 Å². The fourth-order valence-electron chi connectivity index (χ4n) is 2.31. The Balaban J connectivity index is 1.88. The first-order valence-electron chi connectivity index (χ1n) is 6.24. The zero-order chi connectivity index (χ0) is 13.4. The molecule has 0 saturated heterocycles. The number of halogens is 1. The fraction of sp³-hybridized carbons (Fsp3) is 0.385. The van der Waals surface area contributed by atoms with Crippen LogP contribution >= 0.6 is 0 Å². The number of hydrogen-bond acceptors (Lipinski definition) is 4. The summed E-state index contributed by atoms with van der Waals surface area (Å²) in [6.07, 6.45) is 1.03. The molecule has 1 aliphatic heterocycles. The number of aliphatic hydroxyl groups excluding tert-OH is 1. The first kappa shape index (κ1) is 12.1. The molecule has 0 fully saturated rings. The summed E-state index contributed by atoms with van der Waals surface area (Å²) in [4.78, 5) is 1.94. The number of rotatable bonds is 2. The Labute approximate surface area is 110 Å². The molecule has 0 bridgehead atoms. The molecule has 2 aromatic rings. The summed E-state index contributed by atoms with van der Waals surface area (Å²) < 4.78 is 16.1. The van der Waals surface area contributed by atoms with E-state index in [2.05, 4.69) is 10.2 Å². The first-order chi connectivity index (χ1) is 9.15. The molecule has 0 aliphatic carbocycles. The molecule has 1 N–H and O–H groups in total. The third kappa shape index (κ3) is 2.19. The van der Waals surface area contributed by atoms with E-state index in [0.29, 0.717) is 17.8 Å². The van der Waals surface area contributed by atoms with E-state index in [0.717, 1.165) is 18.9 Å². The van der Waals surface area contributed by atoms with Crippen molar-refractivity contribution in [2.45, 2.75) is 26.1 Å². The molecular formula is C13H15FN4O. The van der Waals surface area contributed by atoms with Crippen LogP contribution in [0.15, 0.2) is 24.5 Å². The van der Waals surface area contributed by atoms with Gasteiger partial charge in [0.15, 0.2) is 5.82 Å². The van der Waals surface area contributed by atoms with Gasteiger partial charge in [0.2, 0.25) is 0 Å². The maximum Gasteiger partial charge on any atom is 0.152 e. The molecule has 1 aliphatic rings. The second kappa shape index (κ2) is 4.62. The van der Waals surface area contributed by atoms with Gasteiger partial charge in [-0.05, 0) is 24.6 Å². The van der Waals surface area contributed by atoms with Gasteiger partial charge in [-0.25, -0.2) is 4.39 Å². The zero-order valence-corrected chi connectivity index (χ0v) is 10.6. The van der Waals surface area contributed by atoms with Crippen molar-refractivity contribution in [1.29, 1.82) is 0 Å². The molecule has 1 aromatic heterocycles. The van der Waals surface area contributed by atoms with Crippen molar-refractivity contribution >= 4 is 5.69 Å². The topological polar surface area (TPSA) is 54.2 Å². The standard InChI is InChI=1S/C13H15FN4O/c1-9(19)10-2-3-12(11(14)6-10)17-4-5-18-8-15-16-13(18)7-17/h2-3,6,8-9,19H,4-5,7H2,1H3/t9-/m1/s1. The minimum atomic E-state index is -0.659. The van der Waals surface area contributed by atoms with Crippen LogP contribution in [0.4, 0.5) is 10.1 Å². The molecule has 0 saturated carbocycles. The summed E-state index contributed by atoms with van der Waals surface area (Å²) in [6.45, 7) is 3.64. The lowest BCUT2D eigenvalue weighted by molar-refractivity contribution is 0.199. The average molecular weight is 262 g/mol. The predicted octanol–water partition coefficient (Wildman–Crippen LogP) is 1.49. The number of benzene rings is 1. The molecule has 0 radical (unpaired) electrons. The second-order valence-electron chi connectivity index (χ2n) is 4.75. The van der Waals surface area contributed by atoms with Crippen molar-refractivity contribution in [3.63, 3.8) is 0 Å². The van der Waals surface area contributed by atoms with E-state index in [9.17, 15) is 9.50 Å². The van der Waals surface area contributed by atoms with E-state index in [4.69, 9.17) is 0 Å². The lowest BCUT2D eigenvalue weighted by Gasteiger charge is -2.29. The number of aliphatic hydroxyl groups is 1. The first-order valence-corrected chi connectivity index (χ1v) is 6.24. The number of hydrogen-bond donors (Lipinski definition) is 1. The highest BCUT2D eigenvalue weighted by Gasteiger charge is 2.20. The third-order valence-electron chi connectivity index (χ3n) is 3.43. The number of nitrogens with zero attached hydrogens (tertiary/aromatic N) is 4. The van der Waals surface area contributed by atoms with Gasteiger partial charge in [0, 0.05) is 13.1 Å². The summed E-state index contributed by atoms with van der Waals surface area (Å²) in [5, 5.41) is 17.3. The van der Waals surface area contributed by atoms with Crippen LogP contribution in [0.3, 0.4) is 0 Å². The van der Waals surface area contributed by atoms with Crippen LogP contribution in [0.25, 0.3) is 0 Å². The maximum atomic E-state index is 14.1. The highest BCUT2D eigenvalue weighted by molar-refractivity contribution is 5.50. The molecular weight excluding hydrogens is 247 g/mol. The van der Waals surface area contributed by atoms with E-state index in [1.165, 1.54) is 6.07 Å². The van der Waals surface area contributed by atoms with Gasteiger partial charge in [0.05, 0.1) is 18.3 Å². The molecule has 1 atom stereocenters. The molecule has 0 amide bonds. The number of anilines is 1. The summed E-state index contributed by atoms with van der Waals surface area (Å²) in [6, 6.07) is 4.85. The number of aromatic nitrogens is 3. The van der Waals surface area contributed by atoms with Gasteiger partial charge in [-0.15, -0.1) is 10.2 Å². The third-order valence-corrected chi connectivity index (χ3v) is 3.43. The van der Waals surface area contributed by atoms with Gasteiger partial charge in [0.1, 0.15) is 12.1 Å². The van der Waals surface area contributed by atoms with Crippen molar-refractivity contribution < 1.29 is 9.50 Å². The van der Waals surface area contributed by atoms with Crippen molar-refractivity contribution in [3.8, 4) is 0 Å². The van der Waals surface area contributed by atoms with E-state index in [1.54, 1.807) is 25.4 Å². The summed E-state index contributed by atoms with van der Waals surface area (Å²) in [5.41, 5.74) is 1.13. The molecule has 3 rings (SSSR count). The Bertz CT molecular complexity index is 596. The smallest absolute Gasteiger partial charge is 0.152 e. The normalized spacial score (nSPS) is 16.3. The van der Waals surface area contributed by atoms with E-state index < -0.39 is 6.10 Å². The van der Waals surface area contributed by atoms with Crippen LogP contribution in [0.1, 0.15) is 24.4 Å². The number of fused-ring (bicyclic) bond motifs is 1. The minimum Gasteiger partial charge on any atom is -0.389 e. The lowest BCUT2D eigenvalue weighted by Crippen LogP contribution is -2.34. The predicted molar refractivity (Wildman–Crippen MR) is 68.1 cm³/mol. The largest absolute Gasteiger partial charge is 0.389 e.